The fraction of sp³-hybridized carbons (Fsp3) is 0.647. The van der Waals surface area contributed by atoms with Gasteiger partial charge in [0.15, 0.2) is 11.5 Å². The Morgan fingerprint density at radius 3 is 2.35 bits per heavy atom. The molecule has 0 saturated heterocycles. The molecule has 0 spiro atoms. The van der Waals surface area contributed by atoms with Gasteiger partial charge >= 0.3 is 0 Å². The molecule has 0 fully saturated rings. The van der Waals surface area contributed by atoms with Gasteiger partial charge in [-0.05, 0) is 30.5 Å². The number of rotatable bonds is 6. The molecule has 0 radical (unpaired) electrons. The molecule has 1 aliphatic rings. The lowest BCUT2D eigenvalue weighted by molar-refractivity contribution is 0.171. The lowest BCUT2D eigenvalue weighted by Crippen LogP contribution is -2.40. The highest BCUT2D eigenvalue weighted by atomic mass is 16.6. The van der Waals surface area contributed by atoms with Gasteiger partial charge < -0.3 is 14.8 Å². The maximum Gasteiger partial charge on any atom is 0.161 e. The second-order valence-corrected chi connectivity index (χ2v) is 5.88. The van der Waals surface area contributed by atoms with E-state index in [-0.39, 0.29) is 5.41 Å². The molecule has 0 atom stereocenters. The Hall–Kier alpha value is -1.22. The van der Waals surface area contributed by atoms with Gasteiger partial charge in [-0.15, -0.1) is 0 Å². The third kappa shape index (κ3) is 3.09. The van der Waals surface area contributed by atoms with E-state index in [0.29, 0.717) is 19.3 Å². The molecule has 1 N–H and O–H groups in total. The number of ether oxygens (including phenoxy) is 2. The molecule has 112 valence electrons. The largest absolute Gasteiger partial charge is 0.486 e. The zero-order valence-electron chi connectivity index (χ0n) is 13.2. The molecule has 1 aromatic carbocycles. The van der Waals surface area contributed by atoms with Gasteiger partial charge in [-0.3, -0.25) is 0 Å². The number of benzene rings is 1. The molecular formula is C17H27NO2. The molecule has 1 aromatic rings. The minimum absolute atomic E-state index is 0.167. The molecule has 0 aromatic heterocycles. The van der Waals surface area contributed by atoms with Crippen LogP contribution in [0.1, 0.15) is 46.1 Å². The Balaban J connectivity index is 2.28. The van der Waals surface area contributed by atoms with Gasteiger partial charge in [0.2, 0.25) is 0 Å². The van der Waals surface area contributed by atoms with Crippen LogP contribution in [0.5, 0.6) is 11.5 Å². The van der Waals surface area contributed by atoms with Crippen LogP contribution in [0.4, 0.5) is 0 Å². The summed E-state index contributed by atoms with van der Waals surface area (Å²) < 4.78 is 11.3. The van der Waals surface area contributed by atoms with Crippen molar-refractivity contribution in [1.29, 1.82) is 0 Å². The summed E-state index contributed by atoms with van der Waals surface area (Å²) in [6.07, 6.45) is 2.23. The third-order valence-corrected chi connectivity index (χ3v) is 4.36. The zero-order chi connectivity index (χ0) is 14.6. The molecule has 2 rings (SSSR count). The van der Waals surface area contributed by atoms with Crippen LogP contribution in [-0.2, 0) is 5.41 Å². The van der Waals surface area contributed by atoms with Crippen LogP contribution < -0.4 is 14.8 Å². The van der Waals surface area contributed by atoms with Crippen molar-refractivity contribution in [3.8, 4) is 11.5 Å². The topological polar surface area (TPSA) is 30.5 Å². The van der Waals surface area contributed by atoms with Gasteiger partial charge in [-0.25, -0.2) is 0 Å². The van der Waals surface area contributed by atoms with Crippen molar-refractivity contribution in [3.63, 3.8) is 0 Å². The fourth-order valence-electron chi connectivity index (χ4n) is 2.78. The first-order chi connectivity index (χ1) is 9.61. The minimum atomic E-state index is 0.167. The van der Waals surface area contributed by atoms with Crippen molar-refractivity contribution < 1.29 is 9.47 Å². The van der Waals surface area contributed by atoms with E-state index in [1.54, 1.807) is 0 Å². The first-order valence-corrected chi connectivity index (χ1v) is 7.75. The summed E-state index contributed by atoms with van der Waals surface area (Å²) in [5, 5.41) is 3.59. The van der Waals surface area contributed by atoms with E-state index in [9.17, 15) is 0 Å². The summed E-state index contributed by atoms with van der Waals surface area (Å²) in [7, 11) is 0. The van der Waals surface area contributed by atoms with E-state index in [4.69, 9.17) is 9.47 Å². The molecule has 1 aliphatic heterocycles. The second kappa shape index (κ2) is 6.49. The van der Waals surface area contributed by atoms with Crippen molar-refractivity contribution >= 4 is 0 Å². The van der Waals surface area contributed by atoms with Crippen molar-refractivity contribution in [3.05, 3.63) is 23.8 Å². The molecule has 3 heteroatoms. The Morgan fingerprint density at radius 2 is 1.75 bits per heavy atom. The van der Waals surface area contributed by atoms with E-state index in [0.717, 1.165) is 30.9 Å². The number of hydrogen-bond acceptors (Lipinski definition) is 3. The van der Waals surface area contributed by atoms with Crippen molar-refractivity contribution in [2.45, 2.75) is 52.0 Å². The van der Waals surface area contributed by atoms with Crippen LogP contribution >= 0.6 is 0 Å². The van der Waals surface area contributed by atoms with E-state index in [1.807, 2.05) is 0 Å². The average molecular weight is 277 g/mol. The number of nitrogens with one attached hydrogen (secondary N) is 1. The van der Waals surface area contributed by atoms with Gasteiger partial charge in [0.25, 0.3) is 0 Å². The highest BCUT2D eigenvalue weighted by Crippen LogP contribution is 2.38. The summed E-state index contributed by atoms with van der Waals surface area (Å²) in [4.78, 5) is 0. The highest BCUT2D eigenvalue weighted by molar-refractivity contribution is 5.46. The van der Waals surface area contributed by atoms with Crippen LogP contribution in [0.3, 0.4) is 0 Å². The Labute approximate surface area is 122 Å². The van der Waals surface area contributed by atoms with Crippen molar-refractivity contribution in [2.24, 2.45) is 0 Å². The molecular weight excluding hydrogens is 250 g/mol. The SMILES string of the molecule is CCC(CC)(CNC(C)C)c1ccc2c(c1)OCCO2. The normalized spacial score (nSPS) is 14.7. The molecule has 0 aliphatic carbocycles. The maximum atomic E-state index is 5.73. The first kappa shape index (κ1) is 15.2. The Kier molecular flexibility index (Phi) is 4.92. The van der Waals surface area contributed by atoms with E-state index in [2.05, 4.69) is 51.2 Å². The Bertz CT molecular complexity index is 439. The molecule has 0 saturated carbocycles. The quantitative estimate of drug-likeness (QED) is 0.863. The fourth-order valence-corrected chi connectivity index (χ4v) is 2.78. The molecule has 0 bridgehead atoms. The summed E-state index contributed by atoms with van der Waals surface area (Å²) >= 11 is 0. The van der Waals surface area contributed by atoms with Crippen molar-refractivity contribution in [1.82, 2.24) is 5.32 Å². The summed E-state index contributed by atoms with van der Waals surface area (Å²) in [6, 6.07) is 6.93. The first-order valence-electron chi connectivity index (χ1n) is 7.75. The van der Waals surface area contributed by atoms with E-state index >= 15 is 0 Å². The van der Waals surface area contributed by atoms with Gasteiger partial charge in [-0.2, -0.15) is 0 Å². The summed E-state index contributed by atoms with van der Waals surface area (Å²) in [5.74, 6) is 1.77. The van der Waals surface area contributed by atoms with Gasteiger partial charge in [0.1, 0.15) is 13.2 Å². The van der Waals surface area contributed by atoms with Gasteiger partial charge in [-0.1, -0.05) is 33.8 Å². The standard InChI is InChI=1S/C17H27NO2/c1-5-17(6-2,12-18-13(3)4)14-7-8-15-16(11-14)20-10-9-19-15/h7-8,11,13,18H,5-6,9-10,12H2,1-4H3. The maximum absolute atomic E-state index is 5.73. The van der Waals surface area contributed by atoms with Gasteiger partial charge in [0, 0.05) is 18.0 Å². The lowest BCUT2D eigenvalue weighted by Gasteiger charge is -2.34. The monoisotopic (exact) mass is 277 g/mol. The predicted octanol–water partition coefficient (Wildman–Crippen LogP) is 3.51. The number of hydrogen-bond donors (Lipinski definition) is 1. The summed E-state index contributed by atoms with van der Waals surface area (Å²) in [6.45, 7) is 11.2. The molecule has 20 heavy (non-hydrogen) atoms. The van der Waals surface area contributed by atoms with Crippen molar-refractivity contribution in [2.75, 3.05) is 19.8 Å². The van der Waals surface area contributed by atoms with Crippen LogP contribution in [-0.4, -0.2) is 25.8 Å². The smallest absolute Gasteiger partial charge is 0.161 e. The van der Waals surface area contributed by atoms with Crippen LogP contribution in [0.15, 0.2) is 18.2 Å². The predicted molar refractivity (Wildman–Crippen MR) is 82.8 cm³/mol. The minimum Gasteiger partial charge on any atom is -0.486 e. The molecule has 3 nitrogen and oxygen atoms in total. The van der Waals surface area contributed by atoms with Gasteiger partial charge in [0.05, 0.1) is 0 Å². The van der Waals surface area contributed by atoms with Crippen LogP contribution in [0, 0.1) is 0 Å². The lowest BCUT2D eigenvalue weighted by atomic mass is 9.75. The molecule has 1 heterocycles. The third-order valence-electron chi connectivity index (χ3n) is 4.36. The van der Waals surface area contributed by atoms with Crippen LogP contribution in [0.25, 0.3) is 0 Å². The number of fused-ring (bicyclic) bond motifs is 1. The zero-order valence-corrected chi connectivity index (χ0v) is 13.2. The highest BCUT2D eigenvalue weighted by Gasteiger charge is 2.29. The molecule has 0 amide bonds. The van der Waals surface area contributed by atoms with E-state index < -0.39 is 0 Å². The Morgan fingerprint density at radius 1 is 1.10 bits per heavy atom. The second-order valence-electron chi connectivity index (χ2n) is 5.88. The average Bonchev–Trinajstić information content (AvgIpc) is 2.48. The van der Waals surface area contributed by atoms with Crippen LogP contribution in [0.2, 0.25) is 0 Å². The molecule has 0 unspecified atom stereocenters. The summed E-state index contributed by atoms with van der Waals surface area (Å²) in [5.41, 5.74) is 1.51. The van der Waals surface area contributed by atoms with E-state index in [1.165, 1.54) is 5.56 Å².